The van der Waals surface area contributed by atoms with Crippen LogP contribution in [0.5, 0.6) is 11.5 Å². The van der Waals surface area contributed by atoms with Gasteiger partial charge in [-0.25, -0.2) is 9.78 Å². The highest BCUT2D eigenvalue weighted by Gasteiger charge is 2.19. The molecule has 0 spiro atoms. The van der Waals surface area contributed by atoms with Gasteiger partial charge in [0.05, 0.1) is 25.0 Å². The summed E-state index contributed by atoms with van der Waals surface area (Å²) in [6.45, 7) is 4.71. The molecule has 0 saturated carbocycles. The fourth-order valence-corrected chi connectivity index (χ4v) is 3.53. The van der Waals surface area contributed by atoms with Crippen LogP contribution in [0.15, 0.2) is 18.2 Å². The van der Waals surface area contributed by atoms with E-state index < -0.39 is 5.97 Å². The van der Waals surface area contributed by atoms with Crippen LogP contribution >= 0.6 is 11.3 Å². The molecule has 0 amide bonds. The fourth-order valence-electron chi connectivity index (χ4n) is 2.51. The van der Waals surface area contributed by atoms with Crippen molar-refractivity contribution in [3.05, 3.63) is 28.8 Å². The molecule has 0 aliphatic heterocycles. The number of carboxylic acid groups (broad SMARTS) is 1. The number of hydrogen-bond donors (Lipinski definition) is 1. The molecular weight excluding hydrogens is 338 g/mol. The molecule has 0 fully saturated rings. The largest absolute Gasteiger partial charge is 0.497 e. The molecule has 2 aromatic rings. The van der Waals surface area contributed by atoms with Gasteiger partial charge in [0.25, 0.3) is 0 Å². The maximum atomic E-state index is 11.4. The molecule has 0 unspecified atom stereocenters. The summed E-state index contributed by atoms with van der Waals surface area (Å²) in [5.74, 6) is 0.457. The molecule has 6 heteroatoms. The van der Waals surface area contributed by atoms with E-state index in [4.69, 9.17) is 9.47 Å². The Balaban J connectivity index is 2.28. The first-order valence-electron chi connectivity index (χ1n) is 8.64. The summed E-state index contributed by atoms with van der Waals surface area (Å²) in [5, 5.41) is 10.0. The van der Waals surface area contributed by atoms with Crippen LogP contribution < -0.4 is 9.47 Å². The van der Waals surface area contributed by atoms with Crippen molar-refractivity contribution < 1.29 is 19.4 Å². The van der Waals surface area contributed by atoms with Crippen LogP contribution in [0.2, 0.25) is 0 Å². The molecule has 0 aliphatic rings. The number of methoxy groups -OCH3 is 1. The Bertz CT molecular complexity index is 711. The monoisotopic (exact) mass is 363 g/mol. The standard InChI is InChI=1S/C19H25NO4S/c1-4-6-7-8-11-24-16-12-13(23-3)9-10-14(16)18-20-15(5-2)17(25-18)19(21)22/h9-10,12H,4-8,11H2,1-3H3,(H,21,22). The van der Waals surface area contributed by atoms with E-state index in [1.165, 1.54) is 24.2 Å². The summed E-state index contributed by atoms with van der Waals surface area (Å²) in [5.41, 5.74) is 1.42. The first-order valence-corrected chi connectivity index (χ1v) is 9.46. The molecule has 1 aromatic carbocycles. The van der Waals surface area contributed by atoms with E-state index in [0.29, 0.717) is 40.1 Å². The molecule has 1 heterocycles. The van der Waals surface area contributed by atoms with Crippen LogP contribution in [-0.2, 0) is 6.42 Å². The highest BCUT2D eigenvalue weighted by Crippen LogP contribution is 2.37. The van der Waals surface area contributed by atoms with Crippen LogP contribution in [0, 0.1) is 0 Å². The molecule has 0 radical (unpaired) electrons. The van der Waals surface area contributed by atoms with Gasteiger partial charge in [0.2, 0.25) is 0 Å². The number of aromatic nitrogens is 1. The summed E-state index contributed by atoms with van der Waals surface area (Å²) in [6, 6.07) is 5.56. The van der Waals surface area contributed by atoms with Crippen LogP contribution in [0.25, 0.3) is 10.6 Å². The van der Waals surface area contributed by atoms with Gasteiger partial charge in [-0.15, -0.1) is 11.3 Å². The van der Waals surface area contributed by atoms with Crippen molar-refractivity contribution in [3.63, 3.8) is 0 Å². The minimum atomic E-state index is -0.934. The lowest BCUT2D eigenvalue weighted by Gasteiger charge is -2.11. The fraction of sp³-hybridized carbons (Fsp3) is 0.474. The van der Waals surface area contributed by atoms with Gasteiger partial charge in [-0.3, -0.25) is 0 Å². The van der Waals surface area contributed by atoms with Crippen molar-refractivity contribution in [2.75, 3.05) is 13.7 Å². The van der Waals surface area contributed by atoms with Crippen molar-refractivity contribution in [2.45, 2.75) is 46.0 Å². The van der Waals surface area contributed by atoms with E-state index in [2.05, 4.69) is 11.9 Å². The Morgan fingerprint density at radius 2 is 2.04 bits per heavy atom. The van der Waals surface area contributed by atoms with Crippen molar-refractivity contribution in [1.82, 2.24) is 4.98 Å². The predicted octanol–water partition coefficient (Wildman–Crippen LogP) is 5.04. The van der Waals surface area contributed by atoms with E-state index >= 15 is 0 Å². The highest BCUT2D eigenvalue weighted by atomic mass is 32.1. The lowest BCUT2D eigenvalue weighted by Crippen LogP contribution is -1.99. The molecule has 5 nitrogen and oxygen atoms in total. The summed E-state index contributed by atoms with van der Waals surface area (Å²) in [7, 11) is 1.61. The van der Waals surface area contributed by atoms with E-state index in [1.54, 1.807) is 7.11 Å². The van der Waals surface area contributed by atoms with E-state index in [0.717, 1.165) is 18.4 Å². The first-order chi connectivity index (χ1) is 12.1. The number of aryl methyl sites for hydroxylation is 1. The summed E-state index contributed by atoms with van der Waals surface area (Å²) >= 11 is 1.19. The Hall–Kier alpha value is -2.08. The Labute approximate surface area is 152 Å². The zero-order valence-electron chi connectivity index (χ0n) is 15.0. The van der Waals surface area contributed by atoms with Gasteiger partial charge in [-0.05, 0) is 25.0 Å². The SMILES string of the molecule is CCCCCCOc1cc(OC)ccc1-c1nc(CC)c(C(=O)O)s1. The number of unbranched alkanes of at least 4 members (excludes halogenated alkanes) is 3. The van der Waals surface area contributed by atoms with Crippen LogP contribution in [0.3, 0.4) is 0 Å². The number of hydrogen-bond acceptors (Lipinski definition) is 5. The maximum absolute atomic E-state index is 11.4. The number of nitrogens with zero attached hydrogens (tertiary/aromatic N) is 1. The van der Waals surface area contributed by atoms with Crippen molar-refractivity contribution >= 4 is 17.3 Å². The number of rotatable bonds is 10. The maximum Gasteiger partial charge on any atom is 0.347 e. The Morgan fingerprint density at radius 3 is 2.64 bits per heavy atom. The number of carboxylic acids is 1. The van der Waals surface area contributed by atoms with Crippen LogP contribution in [-0.4, -0.2) is 29.8 Å². The average Bonchev–Trinajstić information content (AvgIpc) is 3.06. The molecule has 2 rings (SSSR count). The normalized spacial score (nSPS) is 10.7. The average molecular weight is 363 g/mol. The topological polar surface area (TPSA) is 68.7 Å². The van der Waals surface area contributed by atoms with Crippen LogP contribution in [0.4, 0.5) is 0 Å². The quantitative estimate of drug-likeness (QED) is 0.599. The van der Waals surface area contributed by atoms with Gasteiger partial charge in [-0.1, -0.05) is 33.1 Å². The zero-order chi connectivity index (χ0) is 18.2. The number of thiazole rings is 1. The predicted molar refractivity (Wildman–Crippen MR) is 100 cm³/mol. The number of carbonyl (C=O) groups is 1. The van der Waals surface area contributed by atoms with Crippen molar-refractivity contribution in [1.29, 1.82) is 0 Å². The molecule has 0 saturated heterocycles. The molecule has 1 aromatic heterocycles. The van der Waals surface area contributed by atoms with Crippen molar-refractivity contribution in [2.24, 2.45) is 0 Å². The molecular formula is C19H25NO4S. The molecule has 25 heavy (non-hydrogen) atoms. The third-order valence-electron chi connectivity index (χ3n) is 3.90. The van der Waals surface area contributed by atoms with Gasteiger partial charge in [0.15, 0.2) is 0 Å². The second kappa shape index (κ2) is 9.42. The van der Waals surface area contributed by atoms with E-state index in [-0.39, 0.29) is 0 Å². The summed E-state index contributed by atoms with van der Waals surface area (Å²) in [6.07, 6.45) is 5.09. The molecule has 1 N–H and O–H groups in total. The minimum absolute atomic E-state index is 0.294. The van der Waals surface area contributed by atoms with Gasteiger partial charge < -0.3 is 14.6 Å². The minimum Gasteiger partial charge on any atom is -0.497 e. The molecule has 0 atom stereocenters. The lowest BCUT2D eigenvalue weighted by atomic mass is 10.2. The lowest BCUT2D eigenvalue weighted by molar-refractivity contribution is 0.0701. The third kappa shape index (κ3) is 4.95. The van der Waals surface area contributed by atoms with Gasteiger partial charge >= 0.3 is 5.97 Å². The van der Waals surface area contributed by atoms with Gasteiger partial charge in [0, 0.05) is 6.07 Å². The molecule has 136 valence electrons. The summed E-state index contributed by atoms with van der Waals surface area (Å²) in [4.78, 5) is 16.2. The second-order valence-corrected chi connectivity index (χ2v) is 6.72. The Morgan fingerprint density at radius 1 is 1.24 bits per heavy atom. The summed E-state index contributed by atoms with van der Waals surface area (Å²) < 4.78 is 11.3. The van der Waals surface area contributed by atoms with Crippen LogP contribution in [0.1, 0.15) is 54.9 Å². The van der Waals surface area contributed by atoms with Gasteiger partial charge in [-0.2, -0.15) is 0 Å². The molecule has 0 aliphatic carbocycles. The number of ether oxygens (including phenoxy) is 2. The van der Waals surface area contributed by atoms with Gasteiger partial charge in [0.1, 0.15) is 21.4 Å². The van der Waals surface area contributed by atoms with E-state index in [9.17, 15) is 9.90 Å². The zero-order valence-corrected chi connectivity index (χ0v) is 15.8. The highest BCUT2D eigenvalue weighted by molar-refractivity contribution is 7.17. The van der Waals surface area contributed by atoms with Crippen molar-refractivity contribution in [3.8, 4) is 22.1 Å². The van der Waals surface area contributed by atoms with E-state index in [1.807, 2.05) is 25.1 Å². The smallest absolute Gasteiger partial charge is 0.347 e. The number of aromatic carboxylic acids is 1. The Kier molecular flexibility index (Phi) is 7.25. The molecule has 0 bridgehead atoms. The first kappa shape index (κ1) is 19.2. The second-order valence-electron chi connectivity index (χ2n) is 5.72. The number of benzene rings is 1. The third-order valence-corrected chi connectivity index (χ3v) is 5.02.